The lowest BCUT2D eigenvalue weighted by molar-refractivity contribution is -0.126. The lowest BCUT2D eigenvalue weighted by Crippen LogP contribution is -2.37. The fraction of sp³-hybridized carbons (Fsp3) is 0.300. The Hall–Kier alpha value is -3.02. The predicted molar refractivity (Wildman–Crippen MR) is 98.5 cm³/mol. The van der Waals surface area contributed by atoms with Gasteiger partial charge in [0.1, 0.15) is 6.04 Å². The van der Waals surface area contributed by atoms with E-state index in [1.807, 2.05) is 48.5 Å². The van der Waals surface area contributed by atoms with E-state index < -0.39 is 6.04 Å². The number of para-hydroxylation sites is 3. The summed E-state index contributed by atoms with van der Waals surface area (Å²) in [6, 6.07) is 14.4. The first-order valence-corrected chi connectivity index (χ1v) is 8.55. The Morgan fingerprint density at radius 1 is 1.12 bits per heavy atom. The first-order chi connectivity index (χ1) is 12.6. The number of ether oxygens (including phenoxy) is 2. The number of hydrogen-bond acceptors (Lipinski definition) is 4. The second kappa shape index (κ2) is 7.91. The third-order valence-electron chi connectivity index (χ3n) is 4.25. The van der Waals surface area contributed by atoms with Crippen molar-refractivity contribution in [1.29, 1.82) is 0 Å². The van der Waals surface area contributed by atoms with Gasteiger partial charge >= 0.3 is 0 Å². The summed E-state index contributed by atoms with van der Waals surface area (Å²) in [6.45, 7) is 2.39. The number of nitrogens with one attached hydrogen (secondary N) is 1. The zero-order valence-corrected chi connectivity index (χ0v) is 14.9. The van der Waals surface area contributed by atoms with Crippen molar-refractivity contribution in [2.45, 2.75) is 19.4 Å². The first-order valence-electron chi connectivity index (χ1n) is 8.55. The third-order valence-corrected chi connectivity index (χ3v) is 4.25. The summed E-state index contributed by atoms with van der Waals surface area (Å²) in [5.74, 6) is 1.03. The van der Waals surface area contributed by atoms with Crippen LogP contribution in [0.4, 0.5) is 5.69 Å². The van der Waals surface area contributed by atoms with Gasteiger partial charge in [-0.3, -0.25) is 9.59 Å². The molecule has 6 heteroatoms. The van der Waals surface area contributed by atoms with E-state index in [0.29, 0.717) is 31.1 Å². The molecule has 1 aliphatic rings. The van der Waals surface area contributed by atoms with E-state index in [2.05, 4.69) is 5.32 Å². The van der Waals surface area contributed by atoms with E-state index in [1.54, 1.807) is 12.0 Å². The van der Waals surface area contributed by atoms with Crippen molar-refractivity contribution >= 4 is 17.5 Å². The van der Waals surface area contributed by atoms with Crippen molar-refractivity contribution < 1.29 is 19.1 Å². The van der Waals surface area contributed by atoms with Crippen molar-refractivity contribution in [3.8, 4) is 11.5 Å². The van der Waals surface area contributed by atoms with E-state index >= 15 is 0 Å². The molecule has 0 spiro atoms. The largest absolute Gasteiger partial charge is 0.493 e. The Morgan fingerprint density at radius 3 is 2.54 bits per heavy atom. The van der Waals surface area contributed by atoms with Gasteiger partial charge in [0.05, 0.1) is 13.7 Å². The third kappa shape index (κ3) is 3.64. The van der Waals surface area contributed by atoms with Crippen LogP contribution in [0.25, 0.3) is 0 Å². The van der Waals surface area contributed by atoms with E-state index in [-0.39, 0.29) is 11.8 Å². The normalized spacial score (nSPS) is 15.5. The summed E-state index contributed by atoms with van der Waals surface area (Å²) in [4.78, 5) is 25.8. The average Bonchev–Trinajstić information content (AvgIpc) is 2.90. The van der Waals surface area contributed by atoms with Gasteiger partial charge in [0.2, 0.25) is 5.91 Å². The van der Waals surface area contributed by atoms with Crippen LogP contribution in [0.2, 0.25) is 0 Å². The molecule has 1 N–H and O–H groups in total. The van der Waals surface area contributed by atoms with Crippen LogP contribution in [-0.4, -0.2) is 32.1 Å². The highest BCUT2D eigenvalue weighted by Gasteiger charge is 2.37. The predicted octanol–water partition coefficient (Wildman–Crippen LogP) is 2.69. The standard InChI is InChI=1S/C20H22N2O4/c1-14(23)21-19-15-8-3-4-9-16(15)22(20(19)24)12-7-13-26-18-11-6-5-10-17(18)25-2/h3-6,8-11,19H,7,12-13H2,1-2H3,(H,21,23)/t19-/m0/s1. The van der Waals surface area contributed by atoms with Crippen molar-refractivity contribution in [2.75, 3.05) is 25.2 Å². The first kappa shape index (κ1) is 17.8. The quantitative estimate of drug-likeness (QED) is 0.776. The molecule has 2 aromatic carbocycles. The van der Waals surface area contributed by atoms with Gasteiger partial charge in [0, 0.05) is 24.7 Å². The smallest absolute Gasteiger partial charge is 0.254 e. The van der Waals surface area contributed by atoms with Gasteiger partial charge in [0.15, 0.2) is 11.5 Å². The van der Waals surface area contributed by atoms with Gasteiger partial charge in [0.25, 0.3) is 5.91 Å². The molecule has 1 heterocycles. The topological polar surface area (TPSA) is 67.9 Å². The fourth-order valence-corrected chi connectivity index (χ4v) is 3.10. The number of anilines is 1. The van der Waals surface area contributed by atoms with E-state index in [0.717, 1.165) is 11.3 Å². The van der Waals surface area contributed by atoms with Crippen LogP contribution in [0.1, 0.15) is 24.9 Å². The Kier molecular flexibility index (Phi) is 5.41. The molecule has 0 saturated heterocycles. The molecule has 0 fully saturated rings. The summed E-state index contributed by atoms with van der Waals surface area (Å²) in [5.41, 5.74) is 1.67. The summed E-state index contributed by atoms with van der Waals surface area (Å²) < 4.78 is 11.0. The number of nitrogens with zero attached hydrogens (tertiary/aromatic N) is 1. The second-order valence-electron chi connectivity index (χ2n) is 6.04. The highest BCUT2D eigenvalue weighted by molar-refractivity contribution is 6.06. The Labute approximate surface area is 152 Å². The van der Waals surface area contributed by atoms with Gasteiger partial charge in [-0.1, -0.05) is 30.3 Å². The summed E-state index contributed by atoms with van der Waals surface area (Å²) in [5, 5.41) is 2.73. The van der Waals surface area contributed by atoms with Crippen LogP contribution < -0.4 is 19.7 Å². The molecule has 6 nitrogen and oxygen atoms in total. The minimum atomic E-state index is -0.612. The molecule has 136 valence electrons. The van der Waals surface area contributed by atoms with Crippen molar-refractivity contribution in [1.82, 2.24) is 5.32 Å². The maximum atomic E-state index is 12.7. The minimum absolute atomic E-state index is 0.112. The van der Waals surface area contributed by atoms with Gasteiger partial charge in [-0.05, 0) is 24.6 Å². The Bertz CT molecular complexity index is 806. The molecular weight excluding hydrogens is 332 g/mol. The molecule has 1 aliphatic heterocycles. The SMILES string of the molecule is COc1ccccc1OCCCN1C(=O)[C@@H](NC(C)=O)c2ccccc21. The highest BCUT2D eigenvalue weighted by Crippen LogP contribution is 2.35. The monoisotopic (exact) mass is 354 g/mol. The average molecular weight is 354 g/mol. The molecule has 0 unspecified atom stereocenters. The van der Waals surface area contributed by atoms with E-state index in [4.69, 9.17) is 9.47 Å². The maximum Gasteiger partial charge on any atom is 0.254 e. The highest BCUT2D eigenvalue weighted by atomic mass is 16.5. The summed E-state index contributed by atoms with van der Waals surface area (Å²) >= 11 is 0. The number of rotatable bonds is 7. The molecule has 2 aromatic rings. The van der Waals surface area contributed by atoms with Crippen LogP contribution in [0.15, 0.2) is 48.5 Å². The molecule has 2 amide bonds. The molecule has 3 rings (SSSR count). The Balaban J connectivity index is 1.63. The second-order valence-corrected chi connectivity index (χ2v) is 6.04. The fourth-order valence-electron chi connectivity index (χ4n) is 3.10. The number of fused-ring (bicyclic) bond motifs is 1. The van der Waals surface area contributed by atoms with E-state index in [9.17, 15) is 9.59 Å². The van der Waals surface area contributed by atoms with Crippen LogP contribution in [0, 0.1) is 0 Å². The van der Waals surface area contributed by atoms with Gasteiger partial charge in [-0.2, -0.15) is 0 Å². The van der Waals surface area contributed by atoms with Crippen LogP contribution in [0.5, 0.6) is 11.5 Å². The number of benzene rings is 2. The maximum absolute atomic E-state index is 12.7. The van der Waals surface area contributed by atoms with Gasteiger partial charge < -0.3 is 19.7 Å². The van der Waals surface area contributed by atoms with Crippen molar-refractivity contribution in [2.24, 2.45) is 0 Å². The minimum Gasteiger partial charge on any atom is -0.493 e. The molecular formula is C20H22N2O4. The van der Waals surface area contributed by atoms with Crippen LogP contribution >= 0.6 is 0 Å². The molecule has 0 bridgehead atoms. The van der Waals surface area contributed by atoms with Gasteiger partial charge in [-0.15, -0.1) is 0 Å². The van der Waals surface area contributed by atoms with E-state index in [1.165, 1.54) is 6.92 Å². The molecule has 0 aliphatic carbocycles. The molecule has 0 aromatic heterocycles. The zero-order chi connectivity index (χ0) is 18.5. The van der Waals surface area contributed by atoms with Gasteiger partial charge in [-0.25, -0.2) is 0 Å². The van der Waals surface area contributed by atoms with Crippen LogP contribution in [-0.2, 0) is 9.59 Å². The number of amides is 2. The van der Waals surface area contributed by atoms with Crippen molar-refractivity contribution in [3.05, 3.63) is 54.1 Å². The molecule has 0 saturated carbocycles. The van der Waals surface area contributed by atoms with Crippen LogP contribution in [0.3, 0.4) is 0 Å². The summed E-state index contributed by atoms with van der Waals surface area (Å²) in [6.07, 6.45) is 0.658. The lowest BCUT2D eigenvalue weighted by atomic mass is 10.1. The van der Waals surface area contributed by atoms with Crippen molar-refractivity contribution in [3.63, 3.8) is 0 Å². The molecule has 0 radical (unpaired) electrons. The summed E-state index contributed by atoms with van der Waals surface area (Å²) in [7, 11) is 1.60. The molecule has 26 heavy (non-hydrogen) atoms. The number of carbonyl (C=O) groups excluding carboxylic acids is 2. The molecule has 1 atom stereocenters. The Morgan fingerprint density at radius 2 is 1.81 bits per heavy atom. The number of hydrogen-bond donors (Lipinski definition) is 1. The zero-order valence-electron chi connectivity index (χ0n) is 14.9. The number of methoxy groups -OCH3 is 1. The lowest BCUT2D eigenvalue weighted by Gasteiger charge is -2.18. The number of carbonyl (C=O) groups is 2.